The van der Waals surface area contributed by atoms with Crippen LogP contribution in [0.25, 0.3) is 0 Å². The van der Waals surface area contributed by atoms with E-state index in [2.05, 4.69) is 19.7 Å². The number of aromatic nitrogens is 3. The van der Waals surface area contributed by atoms with Crippen LogP contribution in [-0.2, 0) is 11.3 Å². The van der Waals surface area contributed by atoms with Gasteiger partial charge < -0.3 is 14.2 Å². The number of benzene rings is 1. The van der Waals surface area contributed by atoms with Gasteiger partial charge in [-0.15, -0.1) is 10.2 Å². The van der Waals surface area contributed by atoms with Crippen LogP contribution in [0.3, 0.4) is 0 Å². The molecule has 8 nitrogen and oxygen atoms in total. The van der Waals surface area contributed by atoms with E-state index in [1.165, 1.54) is 12.8 Å². The van der Waals surface area contributed by atoms with E-state index >= 15 is 0 Å². The quantitative estimate of drug-likeness (QED) is 0.583. The number of hydrogen-bond acceptors (Lipinski definition) is 6. The molecule has 0 N–H and O–H groups in total. The Morgan fingerprint density at radius 1 is 1.27 bits per heavy atom. The number of hydrogen-bond donors (Lipinski definition) is 0. The van der Waals surface area contributed by atoms with Gasteiger partial charge in [0.05, 0.1) is 11.5 Å². The molecular weight excluding hydrogens is 334 g/mol. The number of nitro groups is 1. The third kappa shape index (κ3) is 3.29. The van der Waals surface area contributed by atoms with Crippen molar-refractivity contribution in [3.8, 4) is 0 Å². The SMILES string of the molecule is COCc1cc([N+](=O)[O-])ccc1N1CCC(c2nncn2C2CC2)CC1. The topological polar surface area (TPSA) is 86.3 Å². The number of methoxy groups -OCH3 is 1. The standard InChI is InChI=1S/C18H23N5O3/c1-26-11-14-10-16(23(24)25)4-5-17(14)21-8-6-13(7-9-21)18-20-19-12-22(18)15-2-3-15/h4-5,10,12-13,15H,2-3,6-9,11H2,1H3. The summed E-state index contributed by atoms with van der Waals surface area (Å²) in [6.45, 7) is 2.17. The smallest absolute Gasteiger partial charge is 0.269 e. The zero-order chi connectivity index (χ0) is 18.1. The molecule has 4 rings (SSSR count). The number of anilines is 1. The van der Waals surface area contributed by atoms with Gasteiger partial charge in [0.2, 0.25) is 0 Å². The van der Waals surface area contributed by atoms with Crippen LogP contribution in [0.2, 0.25) is 0 Å². The van der Waals surface area contributed by atoms with Crippen LogP contribution in [0.1, 0.15) is 49.0 Å². The molecule has 1 saturated carbocycles. The first-order chi connectivity index (χ1) is 12.7. The molecule has 2 fully saturated rings. The molecule has 0 radical (unpaired) electrons. The molecule has 8 heteroatoms. The summed E-state index contributed by atoms with van der Waals surface area (Å²) < 4.78 is 7.50. The minimum Gasteiger partial charge on any atom is -0.380 e. The third-order valence-electron chi connectivity index (χ3n) is 5.32. The fourth-order valence-corrected chi connectivity index (χ4v) is 3.82. The van der Waals surface area contributed by atoms with Gasteiger partial charge in [0.1, 0.15) is 12.2 Å². The maximum absolute atomic E-state index is 11.0. The first kappa shape index (κ1) is 17.0. The van der Waals surface area contributed by atoms with Crippen molar-refractivity contribution in [3.05, 3.63) is 46.0 Å². The van der Waals surface area contributed by atoms with Crippen LogP contribution in [0, 0.1) is 10.1 Å². The number of nitro benzene ring substituents is 1. The van der Waals surface area contributed by atoms with Gasteiger partial charge in [-0.1, -0.05) is 0 Å². The van der Waals surface area contributed by atoms with Crippen molar-refractivity contribution >= 4 is 11.4 Å². The zero-order valence-electron chi connectivity index (χ0n) is 14.9. The van der Waals surface area contributed by atoms with E-state index in [0.717, 1.165) is 43.0 Å². The van der Waals surface area contributed by atoms with E-state index in [-0.39, 0.29) is 10.6 Å². The van der Waals surface area contributed by atoms with Gasteiger partial charge in [-0.2, -0.15) is 0 Å². The molecule has 0 spiro atoms. The summed E-state index contributed by atoms with van der Waals surface area (Å²) >= 11 is 0. The van der Waals surface area contributed by atoms with Crippen LogP contribution in [0.4, 0.5) is 11.4 Å². The average Bonchev–Trinajstić information content (AvgIpc) is 3.39. The Morgan fingerprint density at radius 2 is 2.04 bits per heavy atom. The summed E-state index contributed by atoms with van der Waals surface area (Å²) in [6, 6.07) is 5.64. The molecule has 2 heterocycles. The summed E-state index contributed by atoms with van der Waals surface area (Å²) in [5.74, 6) is 1.55. The summed E-state index contributed by atoms with van der Waals surface area (Å²) in [6.07, 6.45) is 6.34. The predicted molar refractivity (Wildman–Crippen MR) is 96.3 cm³/mol. The second-order valence-corrected chi connectivity index (χ2v) is 7.09. The highest BCUT2D eigenvalue weighted by atomic mass is 16.6. The summed E-state index contributed by atoms with van der Waals surface area (Å²) in [7, 11) is 1.61. The summed E-state index contributed by atoms with van der Waals surface area (Å²) in [5, 5.41) is 19.5. The molecule has 0 bridgehead atoms. The van der Waals surface area contributed by atoms with E-state index < -0.39 is 0 Å². The summed E-state index contributed by atoms with van der Waals surface area (Å²) in [4.78, 5) is 13.0. The second kappa shape index (κ2) is 7.03. The minimum atomic E-state index is -0.361. The Bertz CT molecular complexity index is 794. The van der Waals surface area contributed by atoms with Gasteiger partial charge in [0, 0.05) is 55.5 Å². The lowest BCUT2D eigenvalue weighted by Crippen LogP contribution is -2.34. The number of rotatable bonds is 6. The molecule has 2 aromatic rings. The van der Waals surface area contributed by atoms with Crippen molar-refractivity contribution in [2.75, 3.05) is 25.1 Å². The third-order valence-corrected chi connectivity index (χ3v) is 5.32. The van der Waals surface area contributed by atoms with Gasteiger partial charge in [-0.05, 0) is 31.7 Å². The molecule has 1 aliphatic heterocycles. The predicted octanol–water partition coefficient (Wildman–Crippen LogP) is 3.05. The van der Waals surface area contributed by atoms with Crippen molar-refractivity contribution in [2.24, 2.45) is 0 Å². The highest BCUT2D eigenvalue weighted by Crippen LogP contribution is 2.39. The van der Waals surface area contributed by atoms with Crippen molar-refractivity contribution in [1.82, 2.24) is 14.8 Å². The lowest BCUT2D eigenvalue weighted by molar-refractivity contribution is -0.384. The van der Waals surface area contributed by atoms with E-state index in [1.807, 2.05) is 12.4 Å². The molecule has 1 aromatic carbocycles. The Balaban J connectivity index is 1.49. The van der Waals surface area contributed by atoms with E-state index in [1.54, 1.807) is 19.2 Å². The number of piperidine rings is 1. The fraction of sp³-hybridized carbons (Fsp3) is 0.556. The van der Waals surface area contributed by atoms with Crippen LogP contribution >= 0.6 is 0 Å². The second-order valence-electron chi connectivity index (χ2n) is 7.09. The van der Waals surface area contributed by atoms with Crippen molar-refractivity contribution in [3.63, 3.8) is 0 Å². The Hall–Kier alpha value is -2.48. The molecular formula is C18H23N5O3. The van der Waals surface area contributed by atoms with Gasteiger partial charge in [-0.3, -0.25) is 10.1 Å². The summed E-state index contributed by atoms with van der Waals surface area (Å²) in [5.41, 5.74) is 1.99. The van der Waals surface area contributed by atoms with Crippen LogP contribution in [0.15, 0.2) is 24.5 Å². The van der Waals surface area contributed by atoms with Crippen molar-refractivity contribution < 1.29 is 9.66 Å². The first-order valence-corrected chi connectivity index (χ1v) is 9.08. The van der Waals surface area contributed by atoms with Gasteiger partial charge in [0.15, 0.2) is 0 Å². The fourth-order valence-electron chi connectivity index (χ4n) is 3.82. The minimum absolute atomic E-state index is 0.105. The average molecular weight is 357 g/mol. The van der Waals surface area contributed by atoms with Crippen LogP contribution in [0.5, 0.6) is 0 Å². The van der Waals surface area contributed by atoms with E-state index in [0.29, 0.717) is 18.6 Å². The largest absolute Gasteiger partial charge is 0.380 e. The van der Waals surface area contributed by atoms with Gasteiger partial charge >= 0.3 is 0 Å². The maximum Gasteiger partial charge on any atom is 0.269 e. The van der Waals surface area contributed by atoms with E-state index in [9.17, 15) is 10.1 Å². The number of non-ortho nitro benzene ring substituents is 1. The normalized spacial score (nSPS) is 18.3. The van der Waals surface area contributed by atoms with Crippen molar-refractivity contribution in [1.29, 1.82) is 0 Å². The van der Waals surface area contributed by atoms with Gasteiger partial charge in [-0.25, -0.2) is 0 Å². The Labute approximate surface area is 151 Å². The lowest BCUT2D eigenvalue weighted by Gasteiger charge is -2.34. The molecule has 138 valence electrons. The lowest BCUT2D eigenvalue weighted by atomic mass is 9.95. The molecule has 2 aliphatic rings. The maximum atomic E-state index is 11.0. The molecule has 1 aromatic heterocycles. The molecule has 1 aliphatic carbocycles. The van der Waals surface area contributed by atoms with Crippen LogP contribution < -0.4 is 4.90 Å². The Morgan fingerprint density at radius 3 is 2.69 bits per heavy atom. The molecule has 0 unspecified atom stereocenters. The first-order valence-electron chi connectivity index (χ1n) is 9.08. The van der Waals surface area contributed by atoms with Crippen LogP contribution in [-0.4, -0.2) is 39.9 Å². The zero-order valence-corrected chi connectivity index (χ0v) is 14.9. The molecule has 26 heavy (non-hydrogen) atoms. The highest BCUT2D eigenvalue weighted by molar-refractivity contribution is 5.58. The molecule has 0 atom stereocenters. The van der Waals surface area contributed by atoms with Crippen molar-refractivity contribution in [2.45, 2.75) is 44.2 Å². The monoisotopic (exact) mass is 357 g/mol. The molecule has 1 saturated heterocycles. The number of ether oxygens (including phenoxy) is 1. The molecule has 0 amide bonds. The highest BCUT2D eigenvalue weighted by Gasteiger charge is 2.31. The Kier molecular flexibility index (Phi) is 4.58. The van der Waals surface area contributed by atoms with E-state index in [4.69, 9.17) is 4.74 Å². The van der Waals surface area contributed by atoms with Gasteiger partial charge in [0.25, 0.3) is 5.69 Å². The number of nitrogens with zero attached hydrogens (tertiary/aromatic N) is 5.